The monoisotopic (exact) mass is 211 g/mol. The minimum absolute atomic E-state index is 0.0848. The van der Waals surface area contributed by atoms with Crippen molar-refractivity contribution in [2.24, 2.45) is 5.73 Å². The summed E-state index contributed by atoms with van der Waals surface area (Å²) < 4.78 is 5.49. The Hall–Kier alpha value is -1.22. The van der Waals surface area contributed by atoms with E-state index >= 15 is 0 Å². The molecule has 0 saturated heterocycles. The van der Waals surface area contributed by atoms with Crippen molar-refractivity contribution in [3.8, 4) is 5.75 Å². The molecule has 1 aromatic rings. The molecule has 4 heteroatoms. The number of rotatable bonds is 1. The van der Waals surface area contributed by atoms with Gasteiger partial charge in [-0.1, -0.05) is 11.6 Å². The van der Waals surface area contributed by atoms with Crippen molar-refractivity contribution in [1.82, 2.24) is 0 Å². The lowest BCUT2D eigenvalue weighted by Gasteiger charge is -2.06. The molecule has 2 rings (SSSR count). The summed E-state index contributed by atoms with van der Waals surface area (Å²) in [5, 5.41) is 0.523. The number of hydrogen-bond donors (Lipinski definition) is 1. The summed E-state index contributed by atoms with van der Waals surface area (Å²) in [5.41, 5.74) is 6.55. The Morgan fingerprint density at radius 2 is 2.36 bits per heavy atom. The lowest BCUT2D eigenvalue weighted by Crippen LogP contribution is -2.13. The number of nitrogens with two attached hydrogens (primary N) is 1. The fraction of sp³-hybridized carbons (Fsp3) is 0.300. The summed E-state index contributed by atoms with van der Waals surface area (Å²) in [5.74, 6) is 0.0900. The molecule has 0 radical (unpaired) electrons. The molecule has 1 aliphatic rings. The lowest BCUT2D eigenvalue weighted by atomic mass is 10.1. The van der Waals surface area contributed by atoms with Crippen LogP contribution in [0.2, 0.25) is 5.02 Å². The highest BCUT2D eigenvalue weighted by Crippen LogP contribution is 2.34. The third kappa shape index (κ3) is 1.44. The van der Waals surface area contributed by atoms with E-state index in [9.17, 15) is 4.79 Å². The van der Waals surface area contributed by atoms with Crippen LogP contribution in [-0.2, 0) is 6.42 Å². The minimum Gasteiger partial charge on any atom is -0.489 e. The van der Waals surface area contributed by atoms with E-state index in [2.05, 4.69) is 0 Å². The Morgan fingerprint density at radius 1 is 1.64 bits per heavy atom. The van der Waals surface area contributed by atoms with Crippen molar-refractivity contribution in [3.63, 3.8) is 0 Å². The molecule has 0 aromatic heterocycles. The third-order valence-corrected chi connectivity index (χ3v) is 2.44. The molecule has 1 unspecified atom stereocenters. The van der Waals surface area contributed by atoms with Gasteiger partial charge in [-0.25, -0.2) is 0 Å². The highest BCUT2D eigenvalue weighted by atomic mass is 35.5. The smallest absolute Gasteiger partial charge is 0.252 e. The van der Waals surface area contributed by atoms with Gasteiger partial charge in [-0.15, -0.1) is 0 Å². The zero-order valence-electron chi connectivity index (χ0n) is 7.71. The fourth-order valence-corrected chi connectivity index (χ4v) is 1.92. The highest BCUT2D eigenvalue weighted by Gasteiger charge is 2.24. The van der Waals surface area contributed by atoms with Gasteiger partial charge in [-0.2, -0.15) is 0 Å². The van der Waals surface area contributed by atoms with Crippen molar-refractivity contribution in [2.75, 3.05) is 0 Å². The number of carbonyl (C=O) groups is 1. The first kappa shape index (κ1) is 9.34. The second kappa shape index (κ2) is 3.17. The number of carbonyl (C=O) groups excluding carboxylic acids is 1. The van der Waals surface area contributed by atoms with Crippen LogP contribution < -0.4 is 10.5 Å². The van der Waals surface area contributed by atoms with Gasteiger partial charge in [0.25, 0.3) is 5.91 Å². The predicted molar refractivity (Wildman–Crippen MR) is 53.8 cm³/mol. The standard InChI is InChI=1S/C10H10ClNO2/c1-5-2-6-3-7(11)4-8(10(12)13)9(6)14-5/h3-5H,2H2,1H3,(H2,12,13). The zero-order chi connectivity index (χ0) is 10.3. The van der Waals surface area contributed by atoms with E-state index in [1.807, 2.05) is 13.0 Å². The number of amides is 1. The quantitative estimate of drug-likeness (QED) is 0.770. The predicted octanol–water partition coefficient (Wildman–Crippen LogP) is 1.76. The fourth-order valence-electron chi connectivity index (χ4n) is 1.68. The normalized spacial score (nSPS) is 18.9. The molecule has 0 aliphatic carbocycles. The molecule has 1 aliphatic heterocycles. The molecular weight excluding hydrogens is 202 g/mol. The molecule has 1 atom stereocenters. The first-order valence-corrected chi connectivity index (χ1v) is 4.74. The largest absolute Gasteiger partial charge is 0.489 e. The van der Waals surface area contributed by atoms with Crippen LogP contribution >= 0.6 is 11.6 Å². The third-order valence-electron chi connectivity index (χ3n) is 2.22. The number of ether oxygens (including phenoxy) is 1. The maximum absolute atomic E-state index is 11.1. The summed E-state index contributed by atoms with van der Waals surface area (Å²) in [6.45, 7) is 1.94. The van der Waals surface area contributed by atoms with E-state index in [4.69, 9.17) is 22.1 Å². The molecular formula is C10H10ClNO2. The summed E-state index contributed by atoms with van der Waals surface area (Å²) in [4.78, 5) is 11.1. The van der Waals surface area contributed by atoms with E-state index in [-0.39, 0.29) is 6.10 Å². The van der Waals surface area contributed by atoms with Gasteiger partial charge < -0.3 is 10.5 Å². The molecule has 0 fully saturated rings. The van der Waals surface area contributed by atoms with Crippen molar-refractivity contribution in [1.29, 1.82) is 0 Å². The number of halogens is 1. The van der Waals surface area contributed by atoms with E-state index < -0.39 is 5.91 Å². The molecule has 0 spiro atoms. The Morgan fingerprint density at radius 3 is 3.00 bits per heavy atom. The Bertz CT molecular complexity index is 403. The van der Waals surface area contributed by atoms with Gasteiger partial charge in [0.15, 0.2) is 0 Å². The van der Waals surface area contributed by atoms with Gasteiger partial charge in [-0.3, -0.25) is 4.79 Å². The van der Waals surface area contributed by atoms with Crippen LogP contribution in [-0.4, -0.2) is 12.0 Å². The van der Waals surface area contributed by atoms with Gasteiger partial charge in [0.1, 0.15) is 11.9 Å². The van der Waals surface area contributed by atoms with E-state index in [0.29, 0.717) is 16.3 Å². The van der Waals surface area contributed by atoms with Gasteiger partial charge in [0.2, 0.25) is 0 Å². The number of hydrogen-bond acceptors (Lipinski definition) is 2. The molecule has 1 heterocycles. The molecule has 0 bridgehead atoms. The SMILES string of the molecule is CC1Cc2cc(Cl)cc(C(N)=O)c2O1. The Balaban J connectivity index is 2.57. The summed E-state index contributed by atoms with van der Waals surface area (Å²) >= 11 is 5.86. The van der Waals surface area contributed by atoms with Crippen LogP contribution in [0.1, 0.15) is 22.8 Å². The van der Waals surface area contributed by atoms with Gasteiger partial charge in [0, 0.05) is 17.0 Å². The summed E-state index contributed by atoms with van der Waals surface area (Å²) in [6, 6.07) is 3.35. The molecule has 1 aromatic carbocycles. The van der Waals surface area contributed by atoms with Crippen LogP contribution in [0.3, 0.4) is 0 Å². The van der Waals surface area contributed by atoms with Crippen molar-refractivity contribution < 1.29 is 9.53 Å². The van der Waals surface area contributed by atoms with Crippen LogP contribution in [0, 0.1) is 0 Å². The van der Waals surface area contributed by atoms with E-state index in [0.717, 1.165) is 12.0 Å². The zero-order valence-corrected chi connectivity index (χ0v) is 8.47. The van der Waals surface area contributed by atoms with Crippen LogP contribution in [0.5, 0.6) is 5.75 Å². The van der Waals surface area contributed by atoms with E-state index in [1.165, 1.54) is 0 Å². The first-order valence-electron chi connectivity index (χ1n) is 4.37. The van der Waals surface area contributed by atoms with Gasteiger partial charge >= 0.3 is 0 Å². The van der Waals surface area contributed by atoms with E-state index in [1.54, 1.807) is 6.07 Å². The molecule has 74 valence electrons. The molecule has 14 heavy (non-hydrogen) atoms. The average Bonchev–Trinajstić information content (AvgIpc) is 2.42. The second-order valence-corrected chi connectivity index (χ2v) is 3.87. The number of fused-ring (bicyclic) bond motifs is 1. The average molecular weight is 212 g/mol. The Kier molecular flexibility index (Phi) is 2.11. The van der Waals surface area contributed by atoms with Crippen LogP contribution in [0.15, 0.2) is 12.1 Å². The molecule has 0 saturated carbocycles. The maximum Gasteiger partial charge on any atom is 0.252 e. The maximum atomic E-state index is 11.1. The molecule has 1 amide bonds. The second-order valence-electron chi connectivity index (χ2n) is 3.44. The molecule has 2 N–H and O–H groups in total. The first-order chi connectivity index (χ1) is 6.58. The van der Waals surface area contributed by atoms with Crippen molar-refractivity contribution >= 4 is 17.5 Å². The van der Waals surface area contributed by atoms with Crippen molar-refractivity contribution in [3.05, 3.63) is 28.3 Å². The number of benzene rings is 1. The topological polar surface area (TPSA) is 52.3 Å². The summed E-state index contributed by atoms with van der Waals surface area (Å²) in [7, 11) is 0. The summed E-state index contributed by atoms with van der Waals surface area (Å²) in [6.07, 6.45) is 0.859. The van der Waals surface area contributed by atoms with Crippen molar-refractivity contribution in [2.45, 2.75) is 19.4 Å². The minimum atomic E-state index is -0.502. The van der Waals surface area contributed by atoms with Crippen LogP contribution in [0.4, 0.5) is 0 Å². The van der Waals surface area contributed by atoms with Gasteiger partial charge in [-0.05, 0) is 19.1 Å². The number of primary amides is 1. The Labute approximate surface area is 86.8 Å². The van der Waals surface area contributed by atoms with Gasteiger partial charge in [0.05, 0.1) is 5.56 Å². The van der Waals surface area contributed by atoms with Crippen LogP contribution in [0.25, 0.3) is 0 Å². The highest BCUT2D eigenvalue weighted by molar-refractivity contribution is 6.31. The molecule has 3 nitrogen and oxygen atoms in total. The lowest BCUT2D eigenvalue weighted by molar-refractivity contribution is 0.0996.